The topological polar surface area (TPSA) is 26.0 Å². The van der Waals surface area contributed by atoms with Gasteiger partial charge in [0.05, 0.1) is 0 Å². The molecule has 3 saturated carbocycles. The van der Waals surface area contributed by atoms with Crippen molar-refractivity contribution < 1.29 is 0 Å². The monoisotopic (exact) mass is 193 g/mol. The van der Waals surface area contributed by atoms with Crippen molar-refractivity contribution in [2.24, 2.45) is 28.9 Å². The number of rotatable bonds is 1. The first kappa shape index (κ1) is 9.21. The van der Waals surface area contributed by atoms with Crippen LogP contribution in [0.15, 0.2) is 0 Å². The summed E-state index contributed by atoms with van der Waals surface area (Å²) in [5.41, 5.74) is 6.86. The Kier molecular flexibility index (Phi) is 1.96. The van der Waals surface area contributed by atoms with E-state index in [1.165, 1.54) is 44.9 Å². The van der Waals surface area contributed by atoms with E-state index in [0.717, 1.165) is 17.8 Å². The van der Waals surface area contributed by atoms with Crippen molar-refractivity contribution in [3.63, 3.8) is 0 Å². The molecule has 0 amide bonds. The van der Waals surface area contributed by atoms with E-state index in [9.17, 15) is 0 Å². The zero-order valence-electron chi connectivity index (χ0n) is 9.34. The lowest BCUT2D eigenvalue weighted by atomic mass is 9.54. The SMILES string of the molecule is CC(N)C12CCCC(C1)C1CCC2C1. The smallest absolute Gasteiger partial charge is 0.00697 e. The average molecular weight is 193 g/mol. The van der Waals surface area contributed by atoms with E-state index < -0.39 is 0 Å². The molecule has 5 atom stereocenters. The summed E-state index contributed by atoms with van der Waals surface area (Å²) < 4.78 is 0. The summed E-state index contributed by atoms with van der Waals surface area (Å²) >= 11 is 0. The lowest BCUT2D eigenvalue weighted by Crippen LogP contribution is -2.50. The van der Waals surface area contributed by atoms with Crippen LogP contribution in [0.5, 0.6) is 0 Å². The van der Waals surface area contributed by atoms with E-state index in [2.05, 4.69) is 6.92 Å². The van der Waals surface area contributed by atoms with Gasteiger partial charge in [-0.1, -0.05) is 12.8 Å². The van der Waals surface area contributed by atoms with E-state index in [4.69, 9.17) is 5.73 Å². The molecule has 3 fully saturated rings. The summed E-state index contributed by atoms with van der Waals surface area (Å²) in [4.78, 5) is 0. The van der Waals surface area contributed by atoms with Crippen molar-refractivity contribution in [2.45, 2.75) is 57.9 Å². The molecule has 3 aliphatic carbocycles. The summed E-state index contributed by atoms with van der Waals surface area (Å²) in [7, 11) is 0. The third kappa shape index (κ3) is 1.05. The fraction of sp³-hybridized carbons (Fsp3) is 1.00. The highest BCUT2D eigenvalue weighted by atomic mass is 14.7. The highest BCUT2D eigenvalue weighted by Crippen LogP contribution is 2.61. The van der Waals surface area contributed by atoms with Gasteiger partial charge in [0, 0.05) is 6.04 Å². The maximum atomic E-state index is 6.29. The lowest BCUT2D eigenvalue weighted by molar-refractivity contribution is -0.00450. The zero-order chi connectivity index (χ0) is 9.76. The largest absolute Gasteiger partial charge is 0.327 e. The second kappa shape index (κ2) is 2.98. The Hall–Kier alpha value is -0.0400. The van der Waals surface area contributed by atoms with Crippen LogP contribution >= 0.6 is 0 Å². The summed E-state index contributed by atoms with van der Waals surface area (Å²) in [5.74, 6) is 3.13. The van der Waals surface area contributed by atoms with Gasteiger partial charge in [0.15, 0.2) is 0 Å². The molecular formula is C13H23N. The lowest BCUT2D eigenvalue weighted by Gasteiger charge is -2.52. The van der Waals surface area contributed by atoms with Gasteiger partial charge in [0.1, 0.15) is 0 Å². The number of hydrogen-bond acceptors (Lipinski definition) is 1. The Balaban J connectivity index is 1.95. The first-order valence-corrected chi connectivity index (χ1v) is 6.48. The van der Waals surface area contributed by atoms with Crippen molar-refractivity contribution in [1.29, 1.82) is 0 Å². The van der Waals surface area contributed by atoms with Crippen molar-refractivity contribution in [2.75, 3.05) is 0 Å². The average Bonchev–Trinajstić information content (AvgIpc) is 2.62. The Morgan fingerprint density at radius 2 is 2.07 bits per heavy atom. The molecule has 0 aromatic heterocycles. The minimum atomic E-state index is 0.439. The third-order valence-corrected chi connectivity index (χ3v) is 5.72. The standard InChI is InChI=1S/C13H23N/c1-9(14)13-6-2-3-11(8-13)10-4-5-12(13)7-10/h9-12H,2-8,14H2,1H3. The molecule has 1 nitrogen and oxygen atoms in total. The van der Waals surface area contributed by atoms with Crippen LogP contribution in [-0.2, 0) is 0 Å². The Labute approximate surface area is 87.4 Å². The number of hydrogen-bond donors (Lipinski definition) is 1. The highest BCUT2D eigenvalue weighted by Gasteiger charge is 2.53. The van der Waals surface area contributed by atoms with E-state index in [1.54, 1.807) is 0 Å². The molecule has 5 unspecified atom stereocenters. The number of fused-ring (bicyclic) bond motifs is 6. The Bertz CT molecular complexity index is 235. The quantitative estimate of drug-likeness (QED) is 0.681. The normalized spacial score (nSPS) is 53.1. The van der Waals surface area contributed by atoms with Crippen molar-refractivity contribution >= 4 is 0 Å². The van der Waals surface area contributed by atoms with Crippen LogP contribution in [0, 0.1) is 23.2 Å². The van der Waals surface area contributed by atoms with E-state index in [-0.39, 0.29) is 0 Å². The van der Waals surface area contributed by atoms with Crippen molar-refractivity contribution in [3.05, 3.63) is 0 Å². The molecule has 14 heavy (non-hydrogen) atoms. The molecule has 1 heteroatoms. The fourth-order valence-corrected chi connectivity index (χ4v) is 4.91. The van der Waals surface area contributed by atoms with Gasteiger partial charge in [-0.05, 0) is 62.2 Å². The minimum absolute atomic E-state index is 0.439. The molecule has 0 aromatic carbocycles. The van der Waals surface area contributed by atoms with E-state index in [0.29, 0.717) is 11.5 Å². The molecule has 0 saturated heterocycles. The molecular weight excluding hydrogens is 170 g/mol. The maximum absolute atomic E-state index is 6.29. The van der Waals surface area contributed by atoms with Crippen LogP contribution < -0.4 is 5.73 Å². The molecule has 0 aliphatic heterocycles. The molecule has 4 bridgehead atoms. The van der Waals surface area contributed by atoms with E-state index in [1.807, 2.05) is 0 Å². The first-order chi connectivity index (χ1) is 6.72. The van der Waals surface area contributed by atoms with Gasteiger partial charge < -0.3 is 5.73 Å². The second-order valence-electron chi connectivity index (χ2n) is 6.15. The maximum Gasteiger partial charge on any atom is 0.00697 e. The first-order valence-electron chi connectivity index (χ1n) is 6.48. The van der Waals surface area contributed by atoms with E-state index >= 15 is 0 Å². The van der Waals surface area contributed by atoms with Crippen LogP contribution in [0.2, 0.25) is 0 Å². The minimum Gasteiger partial charge on any atom is -0.327 e. The molecule has 3 rings (SSSR count). The number of nitrogens with two attached hydrogens (primary N) is 1. The molecule has 80 valence electrons. The van der Waals surface area contributed by atoms with Crippen LogP contribution in [0.25, 0.3) is 0 Å². The molecule has 2 N–H and O–H groups in total. The van der Waals surface area contributed by atoms with Gasteiger partial charge in [0.25, 0.3) is 0 Å². The third-order valence-electron chi connectivity index (χ3n) is 5.72. The van der Waals surface area contributed by atoms with Crippen LogP contribution in [0.4, 0.5) is 0 Å². The van der Waals surface area contributed by atoms with Gasteiger partial charge in [-0.25, -0.2) is 0 Å². The molecule has 0 aromatic rings. The Morgan fingerprint density at radius 1 is 1.21 bits per heavy atom. The van der Waals surface area contributed by atoms with Crippen LogP contribution in [0.3, 0.4) is 0 Å². The van der Waals surface area contributed by atoms with Gasteiger partial charge in [0.2, 0.25) is 0 Å². The van der Waals surface area contributed by atoms with Crippen LogP contribution in [-0.4, -0.2) is 6.04 Å². The molecule has 0 spiro atoms. The summed E-state index contributed by atoms with van der Waals surface area (Å²) in [6.45, 7) is 2.26. The zero-order valence-corrected chi connectivity index (χ0v) is 9.34. The summed E-state index contributed by atoms with van der Waals surface area (Å²) in [6.07, 6.45) is 10.4. The van der Waals surface area contributed by atoms with Crippen molar-refractivity contribution in [3.8, 4) is 0 Å². The second-order valence-corrected chi connectivity index (χ2v) is 6.15. The van der Waals surface area contributed by atoms with Gasteiger partial charge in [-0.15, -0.1) is 0 Å². The fourth-order valence-electron chi connectivity index (χ4n) is 4.91. The predicted octanol–water partition coefficient (Wildman–Crippen LogP) is 2.94. The highest BCUT2D eigenvalue weighted by molar-refractivity contribution is 5.05. The Morgan fingerprint density at radius 3 is 2.86 bits per heavy atom. The van der Waals surface area contributed by atoms with Crippen LogP contribution in [0.1, 0.15) is 51.9 Å². The van der Waals surface area contributed by atoms with Gasteiger partial charge >= 0.3 is 0 Å². The summed E-state index contributed by atoms with van der Waals surface area (Å²) in [6, 6.07) is 0.439. The summed E-state index contributed by atoms with van der Waals surface area (Å²) in [5, 5.41) is 0. The van der Waals surface area contributed by atoms with Gasteiger partial charge in [-0.3, -0.25) is 0 Å². The molecule has 0 heterocycles. The molecule has 0 radical (unpaired) electrons. The molecule has 3 aliphatic rings. The van der Waals surface area contributed by atoms with Gasteiger partial charge in [-0.2, -0.15) is 0 Å². The van der Waals surface area contributed by atoms with Crippen molar-refractivity contribution in [1.82, 2.24) is 0 Å². The predicted molar refractivity (Wildman–Crippen MR) is 58.9 cm³/mol.